The maximum atomic E-state index is 12.0. The molecule has 0 aliphatic heterocycles. The van der Waals surface area contributed by atoms with Gasteiger partial charge in [-0.3, -0.25) is 14.4 Å². The van der Waals surface area contributed by atoms with Crippen LogP contribution in [-0.4, -0.2) is 23.8 Å². The number of hydrogen-bond acceptors (Lipinski definition) is 5. The van der Waals surface area contributed by atoms with Crippen LogP contribution in [0.15, 0.2) is 40.3 Å². The van der Waals surface area contributed by atoms with Gasteiger partial charge < -0.3 is 20.4 Å². The Morgan fingerprint density at radius 1 is 1.10 bits per heavy atom. The number of hydrogen-bond donors (Lipinski definition) is 3. The first-order chi connectivity index (χ1) is 14.2. The minimum atomic E-state index is -0.905. The van der Waals surface area contributed by atoms with Gasteiger partial charge in [-0.25, -0.2) is 0 Å². The highest BCUT2D eigenvalue weighted by Crippen LogP contribution is 2.22. The molecule has 0 aliphatic rings. The summed E-state index contributed by atoms with van der Waals surface area (Å²) in [4.78, 5) is 35.9. The molecule has 3 N–H and O–H groups in total. The minimum absolute atomic E-state index is 0.0729. The molecule has 30 heavy (non-hydrogen) atoms. The molecular weight excluding hydrogens is 431 g/mol. The molecule has 8 nitrogen and oxygen atoms in total. The molecule has 0 bridgehead atoms. The lowest BCUT2D eigenvalue weighted by Crippen LogP contribution is -2.34. The van der Waals surface area contributed by atoms with E-state index in [9.17, 15) is 14.4 Å². The molecule has 0 aliphatic carbocycles. The van der Waals surface area contributed by atoms with Crippen LogP contribution in [0.5, 0.6) is 0 Å². The van der Waals surface area contributed by atoms with Crippen molar-refractivity contribution < 1.29 is 18.8 Å². The molecule has 0 fully saturated rings. The molecule has 2 aromatic rings. The fourth-order valence-corrected chi connectivity index (χ4v) is 2.79. The van der Waals surface area contributed by atoms with Gasteiger partial charge in [-0.2, -0.15) is 5.26 Å². The molecule has 1 aromatic heterocycles. The summed E-state index contributed by atoms with van der Waals surface area (Å²) < 4.78 is 5.46. The van der Waals surface area contributed by atoms with Crippen LogP contribution in [0.2, 0.25) is 10.0 Å². The van der Waals surface area contributed by atoms with Gasteiger partial charge in [0.15, 0.2) is 0 Å². The molecule has 2 rings (SSSR count). The van der Waals surface area contributed by atoms with Gasteiger partial charge >= 0.3 is 11.8 Å². The van der Waals surface area contributed by atoms with Crippen LogP contribution in [-0.2, 0) is 20.9 Å². The highest BCUT2D eigenvalue weighted by Gasteiger charge is 2.15. The maximum Gasteiger partial charge on any atom is 0.313 e. The second-order valence-corrected chi connectivity index (χ2v) is 7.27. The SMILES string of the molecule is CC(C)NC(=O)/C(C#N)=C\c1ccc(CNC(=O)C(=O)Nc2cc(Cl)cc(Cl)c2)o1. The number of amides is 3. The molecule has 0 saturated carbocycles. The van der Waals surface area contributed by atoms with Crippen LogP contribution in [0.4, 0.5) is 5.69 Å². The topological polar surface area (TPSA) is 124 Å². The normalized spacial score (nSPS) is 11.0. The van der Waals surface area contributed by atoms with E-state index in [1.165, 1.54) is 30.3 Å². The van der Waals surface area contributed by atoms with Gasteiger partial charge in [0.2, 0.25) is 0 Å². The summed E-state index contributed by atoms with van der Waals surface area (Å²) in [6.45, 7) is 3.48. The molecule has 1 aromatic carbocycles. The first-order valence-electron chi connectivity index (χ1n) is 8.74. The zero-order valence-electron chi connectivity index (χ0n) is 16.1. The van der Waals surface area contributed by atoms with E-state index in [1.807, 2.05) is 6.07 Å². The minimum Gasteiger partial charge on any atom is -0.460 e. The number of carbonyl (C=O) groups is 3. The molecule has 0 unspecified atom stereocenters. The van der Waals surface area contributed by atoms with E-state index in [-0.39, 0.29) is 29.6 Å². The highest BCUT2D eigenvalue weighted by atomic mass is 35.5. The van der Waals surface area contributed by atoms with Crippen LogP contribution in [0.25, 0.3) is 6.08 Å². The van der Waals surface area contributed by atoms with Gasteiger partial charge in [-0.15, -0.1) is 0 Å². The van der Waals surface area contributed by atoms with Crippen LogP contribution >= 0.6 is 23.2 Å². The van der Waals surface area contributed by atoms with E-state index >= 15 is 0 Å². The monoisotopic (exact) mass is 448 g/mol. The molecule has 0 saturated heterocycles. The first kappa shape index (κ1) is 23.0. The molecule has 0 spiro atoms. The van der Waals surface area contributed by atoms with E-state index < -0.39 is 17.7 Å². The van der Waals surface area contributed by atoms with Crippen molar-refractivity contribution in [3.05, 3.63) is 57.5 Å². The molecular formula is C20H18Cl2N4O4. The highest BCUT2D eigenvalue weighted by molar-refractivity contribution is 6.40. The van der Waals surface area contributed by atoms with Crippen LogP contribution in [0.1, 0.15) is 25.4 Å². The van der Waals surface area contributed by atoms with Crippen LogP contribution < -0.4 is 16.0 Å². The summed E-state index contributed by atoms with van der Waals surface area (Å²) in [6, 6.07) is 9.17. The zero-order chi connectivity index (χ0) is 22.3. The quantitative estimate of drug-likeness (QED) is 0.355. The van der Waals surface area contributed by atoms with E-state index in [1.54, 1.807) is 19.9 Å². The van der Waals surface area contributed by atoms with Gasteiger partial charge in [0.25, 0.3) is 5.91 Å². The fourth-order valence-electron chi connectivity index (χ4n) is 2.26. The third-order valence-corrected chi connectivity index (χ3v) is 3.94. The molecule has 0 radical (unpaired) electrons. The average molecular weight is 449 g/mol. The third-order valence-electron chi connectivity index (χ3n) is 3.50. The fraction of sp³-hybridized carbons (Fsp3) is 0.200. The number of nitrogens with one attached hydrogen (secondary N) is 3. The summed E-state index contributed by atoms with van der Waals surface area (Å²) >= 11 is 11.7. The Balaban J connectivity index is 1.95. The van der Waals surface area contributed by atoms with Crippen molar-refractivity contribution in [3.8, 4) is 6.07 Å². The van der Waals surface area contributed by atoms with Gasteiger partial charge in [0.05, 0.1) is 6.54 Å². The van der Waals surface area contributed by atoms with Crippen molar-refractivity contribution in [3.63, 3.8) is 0 Å². The van der Waals surface area contributed by atoms with E-state index in [0.29, 0.717) is 15.8 Å². The van der Waals surface area contributed by atoms with Crippen LogP contribution in [0, 0.1) is 11.3 Å². The molecule has 156 valence electrons. The predicted octanol–water partition coefficient (Wildman–Crippen LogP) is 3.27. The number of furan rings is 1. The number of anilines is 1. The lowest BCUT2D eigenvalue weighted by Gasteiger charge is -2.07. The second-order valence-electron chi connectivity index (χ2n) is 6.40. The van der Waals surface area contributed by atoms with Crippen molar-refractivity contribution in [2.75, 3.05) is 5.32 Å². The summed E-state index contributed by atoms with van der Waals surface area (Å²) in [5.74, 6) is -1.73. The molecule has 1 heterocycles. The average Bonchev–Trinajstić information content (AvgIpc) is 3.10. The van der Waals surface area contributed by atoms with Gasteiger partial charge in [-0.1, -0.05) is 23.2 Å². The summed E-state index contributed by atoms with van der Waals surface area (Å²) in [5.41, 5.74) is 0.162. The number of rotatable bonds is 6. The Hall–Kier alpha value is -3.28. The Kier molecular flexibility index (Phi) is 8.04. The van der Waals surface area contributed by atoms with Crippen molar-refractivity contribution >= 4 is 52.7 Å². The predicted molar refractivity (Wildman–Crippen MR) is 113 cm³/mol. The summed E-state index contributed by atoms with van der Waals surface area (Å²) in [5, 5.41) is 17.2. The van der Waals surface area contributed by atoms with Crippen LogP contribution in [0.3, 0.4) is 0 Å². The number of carbonyl (C=O) groups excluding carboxylic acids is 3. The summed E-state index contributed by atoms with van der Waals surface area (Å²) in [7, 11) is 0. The standard InChI is InChI=1S/C20H18Cl2N4O4/c1-11(2)25-18(27)12(9-23)5-16-3-4-17(30-16)10-24-19(28)20(29)26-15-7-13(21)6-14(22)8-15/h3-8,11H,10H2,1-2H3,(H,24,28)(H,25,27)(H,26,29)/b12-5-. The maximum absolute atomic E-state index is 12.0. The Morgan fingerprint density at radius 2 is 1.77 bits per heavy atom. The van der Waals surface area contributed by atoms with Gasteiger partial charge in [0, 0.05) is 27.9 Å². The second kappa shape index (κ2) is 10.5. The first-order valence-corrected chi connectivity index (χ1v) is 9.50. The molecule has 10 heteroatoms. The van der Waals surface area contributed by atoms with Crippen molar-refractivity contribution in [1.82, 2.24) is 10.6 Å². The van der Waals surface area contributed by atoms with Gasteiger partial charge in [0.1, 0.15) is 23.2 Å². The lowest BCUT2D eigenvalue weighted by molar-refractivity contribution is -0.136. The van der Waals surface area contributed by atoms with E-state index in [4.69, 9.17) is 32.9 Å². The Morgan fingerprint density at radius 3 is 2.37 bits per heavy atom. The Labute approximate surface area is 182 Å². The third kappa shape index (κ3) is 6.95. The zero-order valence-corrected chi connectivity index (χ0v) is 17.6. The number of nitrogens with zero attached hydrogens (tertiary/aromatic N) is 1. The number of nitriles is 1. The van der Waals surface area contributed by atoms with Crippen molar-refractivity contribution in [2.45, 2.75) is 26.4 Å². The van der Waals surface area contributed by atoms with E-state index in [2.05, 4.69) is 16.0 Å². The van der Waals surface area contributed by atoms with Crippen molar-refractivity contribution in [1.29, 1.82) is 5.26 Å². The largest absolute Gasteiger partial charge is 0.460 e. The molecule has 3 amide bonds. The van der Waals surface area contributed by atoms with Gasteiger partial charge in [-0.05, 0) is 44.2 Å². The smallest absolute Gasteiger partial charge is 0.313 e. The number of benzene rings is 1. The summed E-state index contributed by atoms with van der Waals surface area (Å²) in [6.07, 6.45) is 1.29. The van der Waals surface area contributed by atoms with Crippen molar-refractivity contribution in [2.24, 2.45) is 0 Å². The number of halogens is 2. The lowest BCUT2D eigenvalue weighted by atomic mass is 10.2. The Bertz CT molecular complexity index is 1020. The van der Waals surface area contributed by atoms with E-state index in [0.717, 1.165) is 0 Å². The molecule has 0 atom stereocenters.